The van der Waals surface area contributed by atoms with Crippen LogP contribution in [0.1, 0.15) is 55.5 Å². The van der Waals surface area contributed by atoms with E-state index in [4.69, 9.17) is 9.97 Å². The van der Waals surface area contributed by atoms with Gasteiger partial charge in [0.05, 0.1) is 78.3 Å². The Hall–Kier alpha value is -14.0. The second kappa shape index (κ2) is 29.5. The van der Waals surface area contributed by atoms with E-state index in [1.165, 1.54) is 161 Å². The monoisotopic (exact) mass is 1530 g/mol. The molecular weight excluding hydrogens is 1430 g/mol. The van der Waals surface area contributed by atoms with E-state index in [2.05, 4.69) is 440 Å². The van der Waals surface area contributed by atoms with Gasteiger partial charge in [-0.05, 0) is 218 Å². The van der Waals surface area contributed by atoms with Crippen LogP contribution in [0.4, 0.5) is 45.5 Å². The molecule has 0 saturated heterocycles. The van der Waals surface area contributed by atoms with Crippen molar-refractivity contribution in [3.63, 3.8) is 0 Å². The zero-order valence-electron chi connectivity index (χ0n) is 68.7. The lowest BCUT2D eigenvalue weighted by Crippen LogP contribution is -2.36. The molecule has 6 aromatic heterocycles. The molecule has 4 aliphatic rings. The summed E-state index contributed by atoms with van der Waals surface area (Å²) < 4.78 is 9.33. The fraction of sp³-hybridized carbons (Fsp3) is 0.165. The minimum Gasteiger partial charge on any atom is -0.359 e. The van der Waals surface area contributed by atoms with Crippen molar-refractivity contribution < 1.29 is 0 Å². The minimum absolute atomic E-state index is 0.234. The number of benzene rings is 12. The van der Waals surface area contributed by atoms with Crippen LogP contribution in [0.5, 0.6) is 0 Å². The van der Waals surface area contributed by atoms with Gasteiger partial charge in [0.25, 0.3) is 0 Å². The van der Waals surface area contributed by atoms with Crippen molar-refractivity contribution in [1.29, 1.82) is 0 Å². The van der Waals surface area contributed by atoms with E-state index in [1.54, 1.807) is 0 Å². The van der Waals surface area contributed by atoms with E-state index < -0.39 is 0 Å². The van der Waals surface area contributed by atoms with Gasteiger partial charge in [-0.15, -0.1) is 0 Å². The Labute approximate surface area is 684 Å². The Morgan fingerprint density at radius 3 is 1.27 bits per heavy atom. The lowest BCUT2D eigenvalue weighted by Gasteiger charge is -2.30. The predicted molar refractivity (Wildman–Crippen MR) is 493 cm³/mol. The third-order valence-corrected chi connectivity index (χ3v) is 24.8. The maximum Gasteiger partial charge on any atom is 0.147 e. The molecule has 14 heteroatoms. The van der Waals surface area contributed by atoms with Gasteiger partial charge in [0.15, 0.2) is 0 Å². The highest BCUT2D eigenvalue weighted by atomic mass is 15.4. The highest BCUT2D eigenvalue weighted by Crippen LogP contribution is 2.51. The van der Waals surface area contributed by atoms with Crippen LogP contribution in [0, 0.1) is 34.6 Å². The first-order valence-corrected chi connectivity index (χ1v) is 40.7. The summed E-state index contributed by atoms with van der Waals surface area (Å²) in [5.74, 6) is 0. The van der Waals surface area contributed by atoms with Crippen molar-refractivity contribution in [1.82, 2.24) is 38.0 Å². The van der Waals surface area contributed by atoms with Gasteiger partial charge in [-0.1, -0.05) is 158 Å². The average molecular weight is 1530 g/mol. The van der Waals surface area contributed by atoms with Crippen LogP contribution in [0.3, 0.4) is 0 Å². The summed E-state index contributed by atoms with van der Waals surface area (Å²) in [5.41, 5.74) is 30.5. The fourth-order valence-electron chi connectivity index (χ4n) is 18.6. The predicted octanol–water partition coefficient (Wildman–Crippen LogP) is 24.5. The molecule has 0 spiro atoms. The standard InChI is InChI=1S/C29H27N3.C28H25N3.2C23H22N4/c1-19-10-9-11-22(18-19)32-24-13-6-5-12-23(24)28-27(32)17-16-20(2)29(28)31-21(3)30(4)25-14-7-8-15-26(25)31;1-19-17-28-23(18-27(19)30-20(2)29(3)25-15-9-10-16-26(25)30)22-13-7-8-14-24(22)31(28)21-11-5-4-6-12-21;1-16-15-24-23-21(22(16)26-14-13-25(3)17(26)2)19-11-7-8-12-20(19)27(23)18-9-5-4-6-10-18;1-16-11-12-20-21(22(16)26-15-14-25(3)17(26)2)19-10-7-13-24-23(19)27(20)18-8-5-4-6-9-18/h5-18,21H,1-4H3;4-18,20H,1-3H3;2*4-15,17H,1-3H3/t21-;20-;2*17-/m0000/s1. The normalized spacial score (nSPS) is 16.2. The molecule has 0 amide bonds. The molecule has 10 heterocycles. The summed E-state index contributed by atoms with van der Waals surface area (Å²) >= 11 is 0. The number of hydrogen-bond donors (Lipinski definition) is 0. The number of pyridine rings is 2. The van der Waals surface area contributed by atoms with Gasteiger partial charge in [0.1, 0.15) is 36.0 Å². The van der Waals surface area contributed by atoms with Crippen LogP contribution in [-0.4, -0.2) is 90.9 Å². The van der Waals surface area contributed by atoms with Crippen molar-refractivity contribution in [2.75, 3.05) is 57.6 Å². The number of aromatic nitrogens is 6. The molecule has 0 aliphatic carbocycles. The average Bonchev–Trinajstić information content (AvgIpc) is 1.50. The minimum atomic E-state index is 0.234. The Morgan fingerprint density at radius 2 is 0.701 bits per heavy atom. The first-order valence-electron chi connectivity index (χ1n) is 40.7. The molecule has 14 nitrogen and oxygen atoms in total. The Balaban J connectivity index is 0.000000104. The molecular formula is C103H96N14. The van der Waals surface area contributed by atoms with Gasteiger partial charge in [-0.25, -0.2) is 9.97 Å². The molecule has 0 bridgehead atoms. The lowest BCUT2D eigenvalue weighted by atomic mass is 10.0. The fourth-order valence-corrected chi connectivity index (χ4v) is 18.6. The van der Waals surface area contributed by atoms with Crippen LogP contribution in [0.15, 0.2) is 322 Å². The van der Waals surface area contributed by atoms with Crippen LogP contribution < -0.4 is 29.4 Å². The highest BCUT2D eigenvalue weighted by molar-refractivity contribution is 6.19. The Kier molecular flexibility index (Phi) is 18.4. The van der Waals surface area contributed by atoms with Gasteiger partial charge in [0.2, 0.25) is 0 Å². The lowest BCUT2D eigenvalue weighted by molar-refractivity contribution is 0.383. The van der Waals surface area contributed by atoms with E-state index in [0.29, 0.717) is 0 Å². The van der Waals surface area contributed by atoms with Crippen LogP contribution in [0.2, 0.25) is 0 Å². The quantitative estimate of drug-likeness (QED) is 0.147. The number of nitrogens with zero attached hydrogens (tertiary/aromatic N) is 14. The summed E-state index contributed by atoms with van der Waals surface area (Å²) in [4.78, 5) is 28.5. The van der Waals surface area contributed by atoms with Gasteiger partial charge in [-0.3, -0.25) is 9.13 Å². The molecule has 0 N–H and O–H groups in total. The molecule has 18 aromatic rings. The number of fused-ring (bicyclic) bond motifs is 14. The molecule has 22 rings (SSSR count). The third kappa shape index (κ3) is 12.1. The van der Waals surface area contributed by atoms with Crippen LogP contribution >= 0.6 is 0 Å². The zero-order chi connectivity index (χ0) is 80.2. The summed E-state index contributed by atoms with van der Waals surface area (Å²) in [6.07, 6.45) is 13.5. The first-order chi connectivity index (χ1) is 57.0. The van der Waals surface area contributed by atoms with E-state index in [1.807, 2.05) is 30.6 Å². The summed E-state index contributed by atoms with van der Waals surface area (Å²) in [6, 6.07) is 102. The van der Waals surface area contributed by atoms with Gasteiger partial charge >= 0.3 is 0 Å². The first kappa shape index (κ1) is 73.2. The third-order valence-electron chi connectivity index (χ3n) is 24.8. The summed E-state index contributed by atoms with van der Waals surface area (Å²) in [6.45, 7) is 20.0. The van der Waals surface area contributed by atoms with Crippen molar-refractivity contribution in [3.8, 4) is 22.7 Å². The molecule has 4 atom stereocenters. The maximum absolute atomic E-state index is 4.87. The number of para-hydroxylation sites is 10. The van der Waals surface area contributed by atoms with E-state index in [9.17, 15) is 0 Å². The summed E-state index contributed by atoms with van der Waals surface area (Å²) in [5, 5.41) is 10.1. The van der Waals surface area contributed by atoms with Gasteiger partial charge in [-0.2, -0.15) is 0 Å². The number of anilines is 8. The van der Waals surface area contributed by atoms with E-state index in [-0.39, 0.29) is 24.7 Å². The van der Waals surface area contributed by atoms with Gasteiger partial charge in [0, 0.05) is 132 Å². The van der Waals surface area contributed by atoms with Crippen LogP contribution in [0.25, 0.3) is 110 Å². The van der Waals surface area contributed by atoms with Crippen molar-refractivity contribution in [2.45, 2.75) is 87.0 Å². The molecule has 578 valence electrons. The molecule has 117 heavy (non-hydrogen) atoms. The second-order valence-electron chi connectivity index (χ2n) is 31.7. The maximum atomic E-state index is 4.87. The second-order valence-corrected chi connectivity index (χ2v) is 31.7. The number of rotatable bonds is 8. The van der Waals surface area contributed by atoms with E-state index >= 15 is 0 Å². The molecule has 4 aliphatic heterocycles. The SMILES string of the molecule is Cc1cc2c(cc1N1c3ccccc3N(C)[C@@H]1C)c1ccccc1n2-c1ccccc1.Cc1ccc2c(c1N1C=CN(C)[C@@H]1C)c1cccnc1n2-c1ccccc1.Cc1cccc(-n2c3ccccc3c3c(N4c5ccccc5N(C)[C@@H]4C)c(C)ccc32)c1.Cc1cnc2c(c1N1C=CN(C)[C@@H]1C)c1ccccc1n2-c1ccccc1. The smallest absolute Gasteiger partial charge is 0.147 e. The molecule has 0 saturated carbocycles. The largest absolute Gasteiger partial charge is 0.359 e. The van der Waals surface area contributed by atoms with Gasteiger partial charge < -0.3 is 48.3 Å². The molecule has 0 unspecified atom stereocenters. The van der Waals surface area contributed by atoms with Crippen molar-refractivity contribution in [3.05, 3.63) is 350 Å². The number of hydrogen-bond acceptors (Lipinski definition) is 10. The topological polar surface area (TPSA) is 71.4 Å². The molecule has 0 radical (unpaired) electrons. The van der Waals surface area contributed by atoms with Crippen molar-refractivity contribution in [2.24, 2.45) is 0 Å². The Morgan fingerprint density at radius 1 is 0.265 bits per heavy atom. The Bertz CT molecular complexity index is 6740. The zero-order valence-corrected chi connectivity index (χ0v) is 68.7. The number of aryl methyl sites for hydroxylation is 5. The van der Waals surface area contributed by atoms with E-state index in [0.717, 1.165) is 22.7 Å². The molecule has 0 fully saturated rings. The van der Waals surface area contributed by atoms with Crippen molar-refractivity contribution >= 4 is 133 Å². The highest BCUT2D eigenvalue weighted by Gasteiger charge is 2.36. The summed E-state index contributed by atoms with van der Waals surface area (Å²) in [7, 11) is 8.60. The molecule has 12 aromatic carbocycles. The van der Waals surface area contributed by atoms with Crippen LogP contribution in [-0.2, 0) is 0 Å².